The maximum absolute atomic E-state index is 10.9. The highest BCUT2D eigenvalue weighted by Crippen LogP contribution is 2.30. The summed E-state index contributed by atoms with van der Waals surface area (Å²) in [6, 6.07) is 5.69. The zero-order valence-electron chi connectivity index (χ0n) is 10.3. The zero-order chi connectivity index (χ0) is 13.2. The number of nitrogen functional groups attached to an aromatic ring is 1. The van der Waals surface area contributed by atoms with E-state index in [2.05, 4.69) is 0 Å². The average Bonchev–Trinajstić information content (AvgIpc) is 2.70. The van der Waals surface area contributed by atoms with Crippen molar-refractivity contribution in [3.8, 4) is 0 Å². The maximum atomic E-state index is 10.9. The summed E-state index contributed by atoms with van der Waals surface area (Å²) in [6.07, 6.45) is 0.172. The van der Waals surface area contributed by atoms with Crippen LogP contribution in [0.2, 0.25) is 0 Å². The van der Waals surface area contributed by atoms with Crippen molar-refractivity contribution in [1.82, 2.24) is 0 Å². The molecule has 5 heteroatoms. The largest absolute Gasteiger partial charge is 0.481 e. The van der Waals surface area contributed by atoms with Gasteiger partial charge in [0.2, 0.25) is 0 Å². The van der Waals surface area contributed by atoms with Gasteiger partial charge in [-0.1, -0.05) is 12.1 Å². The lowest BCUT2D eigenvalue weighted by molar-refractivity contribution is -0.178. The van der Waals surface area contributed by atoms with Gasteiger partial charge in [0.1, 0.15) is 0 Å². The van der Waals surface area contributed by atoms with Gasteiger partial charge in [0, 0.05) is 12.1 Å². The summed E-state index contributed by atoms with van der Waals surface area (Å²) < 4.78 is 11.0. The van der Waals surface area contributed by atoms with Crippen LogP contribution in [0.25, 0.3) is 0 Å². The van der Waals surface area contributed by atoms with Gasteiger partial charge in [-0.2, -0.15) is 0 Å². The molecule has 0 spiro atoms. The number of aryl methyl sites for hydroxylation is 1. The van der Waals surface area contributed by atoms with Crippen LogP contribution in [0.3, 0.4) is 0 Å². The van der Waals surface area contributed by atoms with Crippen LogP contribution in [-0.4, -0.2) is 30.1 Å². The number of carboxylic acids is 1. The molecule has 5 nitrogen and oxygen atoms in total. The SMILES string of the molecule is Cc1ccc(CC2(CC(=O)O)OCCO2)c(N)c1. The van der Waals surface area contributed by atoms with E-state index in [1.54, 1.807) is 0 Å². The Morgan fingerprint density at radius 2 is 2.11 bits per heavy atom. The number of carboxylic acid groups (broad SMARTS) is 1. The predicted octanol–water partition coefficient (Wildman–Crippen LogP) is 1.34. The number of hydrogen-bond donors (Lipinski definition) is 2. The molecule has 1 fully saturated rings. The highest BCUT2D eigenvalue weighted by Gasteiger charge is 2.39. The summed E-state index contributed by atoms with van der Waals surface area (Å²) in [7, 11) is 0. The molecular formula is C13H17NO4. The maximum Gasteiger partial charge on any atom is 0.308 e. The molecule has 2 rings (SSSR count). The summed E-state index contributed by atoms with van der Waals surface area (Å²) in [5.74, 6) is -2.02. The molecule has 0 unspecified atom stereocenters. The summed E-state index contributed by atoms with van der Waals surface area (Å²) >= 11 is 0. The fourth-order valence-electron chi connectivity index (χ4n) is 2.16. The average molecular weight is 251 g/mol. The van der Waals surface area contributed by atoms with Crippen LogP contribution in [0.1, 0.15) is 17.5 Å². The lowest BCUT2D eigenvalue weighted by Gasteiger charge is -2.26. The second-order valence-corrected chi connectivity index (χ2v) is 4.56. The molecular weight excluding hydrogens is 234 g/mol. The Bertz CT molecular complexity index is 452. The number of carbonyl (C=O) groups is 1. The van der Waals surface area contributed by atoms with Crippen LogP contribution < -0.4 is 5.73 Å². The van der Waals surface area contributed by atoms with Crippen LogP contribution in [0, 0.1) is 6.92 Å². The molecule has 0 aromatic heterocycles. The fourth-order valence-corrected chi connectivity index (χ4v) is 2.16. The van der Waals surface area contributed by atoms with Crippen molar-refractivity contribution in [2.24, 2.45) is 0 Å². The van der Waals surface area contributed by atoms with Crippen LogP contribution in [0.5, 0.6) is 0 Å². The molecule has 0 radical (unpaired) electrons. The second kappa shape index (κ2) is 4.96. The van der Waals surface area contributed by atoms with Crippen molar-refractivity contribution in [1.29, 1.82) is 0 Å². The van der Waals surface area contributed by atoms with Crippen LogP contribution in [0.4, 0.5) is 5.69 Å². The first-order valence-corrected chi connectivity index (χ1v) is 5.85. The Morgan fingerprint density at radius 1 is 1.44 bits per heavy atom. The van der Waals surface area contributed by atoms with E-state index < -0.39 is 11.8 Å². The van der Waals surface area contributed by atoms with Gasteiger partial charge in [-0.3, -0.25) is 4.79 Å². The quantitative estimate of drug-likeness (QED) is 0.789. The molecule has 1 heterocycles. The molecule has 0 amide bonds. The van der Waals surface area contributed by atoms with Crippen molar-refractivity contribution in [3.05, 3.63) is 29.3 Å². The number of nitrogens with two attached hydrogens (primary N) is 1. The second-order valence-electron chi connectivity index (χ2n) is 4.56. The van der Waals surface area contributed by atoms with E-state index in [0.717, 1.165) is 11.1 Å². The van der Waals surface area contributed by atoms with Gasteiger partial charge in [0.25, 0.3) is 0 Å². The smallest absolute Gasteiger partial charge is 0.308 e. The number of rotatable bonds is 4. The number of aliphatic carboxylic acids is 1. The Labute approximate surface area is 106 Å². The van der Waals surface area contributed by atoms with Crippen LogP contribution in [0.15, 0.2) is 18.2 Å². The highest BCUT2D eigenvalue weighted by atomic mass is 16.7. The van der Waals surface area contributed by atoms with Crippen molar-refractivity contribution in [2.75, 3.05) is 18.9 Å². The van der Waals surface area contributed by atoms with Crippen LogP contribution >= 0.6 is 0 Å². The first-order chi connectivity index (χ1) is 8.51. The summed E-state index contributed by atoms with van der Waals surface area (Å²) in [4.78, 5) is 10.9. The fraction of sp³-hybridized carbons (Fsp3) is 0.462. The van der Waals surface area contributed by atoms with E-state index in [1.165, 1.54) is 0 Å². The molecule has 1 saturated heterocycles. The molecule has 0 atom stereocenters. The van der Waals surface area contributed by atoms with Gasteiger partial charge in [0.05, 0.1) is 19.6 Å². The van der Waals surface area contributed by atoms with Gasteiger partial charge in [-0.05, 0) is 24.1 Å². The normalized spacial score (nSPS) is 17.8. The standard InChI is InChI=1S/C13H17NO4/c1-9-2-3-10(11(14)6-9)7-13(8-12(15)16)17-4-5-18-13/h2-3,6H,4-5,7-8,14H2,1H3,(H,15,16). The van der Waals surface area contributed by atoms with E-state index in [9.17, 15) is 4.79 Å². The van der Waals surface area contributed by atoms with E-state index in [1.807, 2.05) is 25.1 Å². The van der Waals surface area contributed by atoms with E-state index in [4.69, 9.17) is 20.3 Å². The van der Waals surface area contributed by atoms with Gasteiger partial charge in [0.15, 0.2) is 5.79 Å². The van der Waals surface area contributed by atoms with Crippen molar-refractivity contribution >= 4 is 11.7 Å². The van der Waals surface area contributed by atoms with Gasteiger partial charge in [-0.25, -0.2) is 0 Å². The first-order valence-electron chi connectivity index (χ1n) is 5.85. The van der Waals surface area contributed by atoms with E-state index >= 15 is 0 Å². The van der Waals surface area contributed by atoms with Gasteiger partial charge in [-0.15, -0.1) is 0 Å². The molecule has 1 aliphatic heterocycles. The minimum atomic E-state index is -1.07. The van der Waals surface area contributed by atoms with Gasteiger partial charge < -0.3 is 20.3 Å². The highest BCUT2D eigenvalue weighted by molar-refractivity contribution is 5.68. The Hall–Kier alpha value is -1.59. The van der Waals surface area contributed by atoms with Gasteiger partial charge >= 0.3 is 5.97 Å². The van der Waals surface area contributed by atoms with Crippen molar-refractivity contribution in [3.63, 3.8) is 0 Å². The number of hydrogen-bond acceptors (Lipinski definition) is 4. The summed E-state index contributed by atoms with van der Waals surface area (Å²) in [5.41, 5.74) is 8.49. The third-order valence-electron chi connectivity index (χ3n) is 3.00. The number of benzene rings is 1. The molecule has 1 aromatic carbocycles. The Kier molecular flexibility index (Phi) is 3.54. The Balaban J connectivity index is 2.20. The molecule has 0 saturated carbocycles. The van der Waals surface area contributed by atoms with Crippen molar-refractivity contribution < 1.29 is 19.4 Å². The number of ether oxygens (including phenoxy) is 2. The van der Waals surface area contributed by atoms with Crippen molar-refractivity contribution in [2.45, 2.75) is 25.6 Å². The van der Waals surface area contributed by atoms with Crippen LogP contribution in [-0.2, 0) is 20.7 Å². The molecule has 18 heavy (non-hydrogen) atoms. The zero-order valence-corrected chi connectivity index (χ0v) is 10.3. The minimum absolute atomic E-state index is 0.180. The summed E-state index contributed by atoms with van der Waals surface area (Å²) in [6.45, 7) is 2.79. The molecule has 0 aliphatic carbocycles. The van der Waals surface area contributed by atoms with E-state index in [-0.39, 0.29) is 6.42 Å². The topological polar surface area (TPSA) is 81.8 Å². The molecule has 3 N–H and O–H groups in total. The first kappa shape index (κ1) is 12.9. The number of anilines is 1. The third-order valence-corrected chi connectivity index (χ3v) is 3.00. The lowest BCUT2D eigenvalue weighted by atomic mass is 9.99. The third kappa shape index (κ3) is 2.80. The molecule has 1 aliphatic rings. The predicted molar refractivity (Wildman–Crippen MR) is 66.2 cm³/mol. The molecule has 0 bridgehead atoms. The van der Waals surface area contributed by atoms with E-state index in [0.29, 0.717) is 25.3 Å². The minimum Gasteiger partial charge on any atom is -0.481 e. The lowest BCUT2D eigenvalue weighted by Crippen LogP contribution is -2.36. The summed E-state index contributed by atoms with van der Waals surface area (Å²) in [5, 5.41) is 8.94. The molecule has 1 aromatic rings. The Morgan fingerprint density at radius 3 is 2.67 bits per heavy atom. The monoisotopic (exact) mass is 251 g/mol. The molecule has 98 valence electrons.